The third-order valence-electron chi connectivity index (χ3n) is 3.48. The fourth-order valence-electron chi connectivity index (χ4n) is 2.28. The van der Waals surface area contributed by atoms with Crippen LogP contribution in [0.4, 0.5) is 0 Å². The Morgan fingerprint density at radius 2 is 2.00 bits per heavy atom. The number of nitrogens with one attached hydrogen (secondary N) is 1. The number of fused-ring (bicyclic) bond motifs is 1. The number of hydrogen-bond donors (Lipinski definition) is 1. The van der Waals surface area contributed by atoms with Crippen molar-refractivity contribution >= 4 is 39.2 Å². The van der Waals surface area contributed by atoms with Gasteiger partial charge in [0, 0.05) is 40.7 Å². The third-order valence-corrected chi connectivity index (χ3v) is 5.51. The molecule has 124 valence electrons. The minimum atomic E-state index is 0.0587. The van der Waals surface area contributed by atoms with Gasteiger partial charge in [0.05, 0.1) is 0 Å². The first-order valence-corrected chi connectivity index (χ1v) is 9.44. The van der Waals surface area contributed by atoms with E-state index in [-0.39, 0.29) is 5.91 Å². The molecular weight excluding hydrogens is 388 g/mol. The summed E-state index contributed by atoms with van der Waals surface area (Å²) in [4.78, 5) is 13.1. The second-order valence-electron chi connectivity index (χ2n) is 5.17. The van der Waals surface area contributed by atoms with Crippen LogP contribution in [0.2, 0.25) is 0 Å². The zero-order chi connectivity index (χ0) is 16.8. The highest BCUT2D eigenvalue weighted by Crippen LogP contribution is 2.27. The largest absolute Gasteiger partial charge is 0.356 e. The molecule has 0 aliphatic heterocycles. The number of halogens is 1. The molecule has 0 aliphatic rings. The first kappa shape index (κ1) is 17.0. The van der Waals surface area contributed by atoms with E-state index in [0.29, 0.717) is 19.4 Å². The van der Waals surface area contributed by atoms with Gasteiger partial charge >= 0.3 is 0 Å². The number of hydrogen-bond acceptors (Lipinski definition) is 4. The summed E-state index contributed by atoms with van der Waals surface area (Å²) >= 11 is 5.18. The van der Waals surface area contributed by atoms with E-state index in [4.69, 9.17) is 0 Å². The number of pyridine rings is 1. The van der Waals surface area contributed by atoms with E-state index in [1.807, 2.05) is 53.1 Å². The van der Waals surface area contributed by atoms with Gasteiger partial charge in [0.2, 0.25) is 5.91 Å². The molecule has 1 aromatic carbocycles. The lowest BCUT2D eigenvalue weighted by Gasteiger charge is -2.06. The fraction of sp³-hybridized carbons (Fsp3) is 0.235. The predicted octanol–water partition coefficient (Wildman–Crippen LogP) is 3.33. The summed E-state index contributed by atoms with van der Waals surface area (Å²) in [6.07, 6.45) is 3.09. The van der Waals surface area contributed by atoms with Gasteiger partial charge < -0.3 is 5.32 Å². The van der Waals surface area contributed by atoms with Crippen LogP contribution in [0.1, 0.15) is 12.2 Å². The molecule has 5 nitrogen and oxygen atoms in total. The standard InChI is InChI=1S/C17H17BrN4OS/c18-13-5-1-2-6-14(13)24-12-9-17(23)19-10-8-16-21-20-15-7-3-4-11-22(15)16/h1-7,11H,8-10,12H2,(H,19,23). The van der Waals surface area contributed by atoms with Crippen molar-refractivity contribution in [3.63, 3.8) is 0 Å². The summed E-state index contributed by atoms with van der Waals surface area (Å²) in [6, 6.07) is 13.8. The van der Waals surface area contributed by atoms with Crippen molar-refractivity contribution in [2.24, 2.45) is 0 Å². The molecule has 0 saturated heterocycles. The molecule has 2 heterocycles. The van der Waals surface area contributed by atoms with E-state index in [0.717, 1.165) is 26.6 Å². The molecular formula is C17H17BrN4OS. The predicted molar refractivity (Wildman–Crippen MR) is 99.2 cm³/mol. The number of thioether (sulfide) groups is 1. The minimum Gasteiger partial charge on any atom is -0.356 e. The molecule has 24 heavy (non-hydrogen) atoms. The molecule has 0 radical (unpaired) electrons. The maximum Gasteiger partial charge on any atom is 0.220 e. The Balaban J connectivity index is 1.41. The lowest BCUT2D eigenvalue weighted by atomic mass is 10.3. The molecule has 0 atom stereocenters. The number of carbonyl (C=O) groups is 1. The Kier molecular flexibility index (Phi) is 5.87. The zero-order valence-corrected chi connectivity index (χ0v) is 15.4. The SMILES string of the molecule is O=C(CCSc1ccccc1Br)NCCc1nnc2ccccn12. The first-order chi connectivity index (χ1) is 11.7. The third kappa shape index (κ3) is 4.36. The smallest absolute Gasteiger partial charge is 0.220 e. The summed E-state index contributed by atoms with van der Waals surface area (Å²) in [5, 5.41) is 11.2. The topological polar surface area (TPSA) is 59.3 Å². The number of rotatable bonds is 7. The summed E-state index contributed by atoms with van der Waals surface area (Å²) in [5.74, 6) is 1.67. The maximum absolute atomic E-state index is 11.9. The van der Waals surface area contributed by atoms with Crippen LogP contribution in [0.15, 0.2) is 58.0 Å². The van der Waals surface area contributed by atoms with Crippen LogP contribution in [0.25, 0.3) is 5.65 Å². The van der Waals surface area contributed by atoms with Crippen molar-refractivity contribution in [1.29, 1.82) is 0 Å². The van der Waals surface area contributed by atoms with Crippen LogP contribution in [-0.2, 0) is 11.2 Å². The Labute approximate surface area is 153 Å². The Bertz CT molecular complexity index is 836. The van der Waals surface area contributed by atoms with Crippen LogP contribution in [0, 0.1) is 0 Å². The van der Waals surface area contributed by atoms with Crippen LogP contribution in [0.3, 0.4) is 0 Å². The van der Waals surface area contributed by atoms with Gasteiger partial charge in [-0.2, -0.15) is 0 Å². The molecule has 0 saturated carbocycles. The van der Waals surface area contributed by atoms with Gasteiger partial charge in [-0.15, -0.1) is 22.0 Å². The van der Waals surface area contributed by atoms with Gasteiger partial charge in [-0.05, 0) is 40.2 Å². The van der Waals surface area contributed by atoms with Gasteiger partial charge in [-0.3, -0.25) is 9.20 Å². The molecule has 3 rings (SSSR count). The molecule has 0 spiro atoms. The van der Waals surface area contributed by atoms with Crippen molar-refractivity contribution in [2.75, 3.05) is 12.3 Å². The van der Waals surface area contributed by atoms with E-state index in [2.05, 4.69) is 31.4 Å². The lowest BCUT2D eigenvalue weighted by Crippen LogP contribution is -2.26. The normalized spacial score (nSPS) is 10.9. The summed E-state index contributed by atoms with van der Waals surface area (Å²) in [6.45, 7) is 0.564. The zero-order valence-electron chi connectivity index (χ0n) is 13.0. The number of aromatic nitrogens is 3. The van der Waals surface area contributed by atoms with Crippen LogP contribution >= 0.6 is 27.7 Å². The minimum absolute atomic E-state index is 0.0587. The summed E-state index contributed by atoms with van der Waals surface area (Å²) in [7, 11) is 0. The number of carbonyl (C=O) groups excluding carboxylic acids is 1. The van der Waals surface area contributed by atoms with Gasteiger partial charge in [-0.1, -0.05) is 18.2 Å². The van der Waals surface area contributed by atoms with Crippen molar-refractivity contribution in [3.05, 3.63) is 59.0 Å². The van der Waals surface area contributed by atoms with Crippen LogP contribution in [0.5, 0.6) is 0 Å². The fourth-order valence-corrected chi connectivity index (χ4v) is 3.80. The summed E-state index contributed by atoms with van der Waals surface area (Å²) < 4.78 is 3.00. The molecule has 0 unspecified atom stereocenters. The van der Waals surface area contributed by atoms with Crippen molar-refractivity contribution in [1.82, 2.24) is 19.9 Å². The van der Waals surface area contributed by atoms with E-state index < -0.39 is 0 Å². The molecule has 7 heteroatoms. The van der Waals surface area contributed by atoms with Crippen LogP contribution in [-0.4, -0.2) is 32.8 Å². The number of amides is 1. The highest BCUT2D eigenvalue weighted by atomic mass is 79.9. The molecule has 1 amide bonds. The van der Waals surface area contributed by atoms with Gasteiger partial charge in [-0.25, -0.2) is 0 Å². The van der Waals surface area contributed by atoms with E-state index in [1.165, 1.54) is 0 Å². The summed E-state index contributed by atoms with van der Waals surface area (Å²) in [5.41, 5.74) is 0.823. The monoisotopic (exact) mass is 404 g/mol. The number of benzene rings is 1. The van der Waals surface area contributed by atoms with E-state index in [9.17, 15) is 4.79 Å². The molecule has 3 aromatic rings. The van der Waals surface area contributed by atoms with Gasteiger partial charge in [0.15, 0.2) is 5.65 Å². The molecule has 0 bridgehead atoms. The molecule has 1 N–H and O–H groups in total. The first-order valence-electron chi connectivity index (χ1n) is 7.67. The highest BCUT2D eigenvalue weighted by Gasteiger charge is 2.06. The average Bonchev–Trinajstić information content (AvgIpc) is 3.00. The second kappa shape index (κ2) is 8.30. The van der Waals surface area contributed by atoms with E-state index >= 15 is 0 Å². The van der Waals surface area contributed by atoms with Crippen LogP contribution < -0.4 is 5.32 Å². The Morgan fingerprint density at radius 3 is 2.88 bits per heavy atom. The average molecular weight is 405 g/mol. The van der Waals surface area contributed by atoms with Crippen molar-refractivity contribution < 1.29 is 4.79 Å². The number of nitrogens with zero attached hydrogens (tertiary/aromatic N) is 3. The van der Waals surface area contributed by atoms with Crippen molar-refractivity contribution in [2.45, 2.75) is 17.7 Å². The van der Waals surface area contributed by atoms with E-state index in [1.54, 1.807) is 11.8 Å². The Hall–Kier alpha value is -1.86. The van der Waals surface area contributed by atoms with Crippen molar-refractivity contribution in [3.8, 4) is 0 Å². The van der Waals surface area contributed by atoms with Gasteiger partial charge in [0.1, 0.15) is 5.82 Å². The Morgan fingerprint density at radius 1 is 1.17 bits per heavy atom. The quantitative estimate of drug-likeness (QED) is 0.613. The maximum atomic E-state index is 11.9. The van der Waals surface area contributed by atoms with Gasteiger partial charge in [0.25, 0.3) is 0 Å². The molecule has 0 fully saturated rings. The molecule has 0 aliphatic carbocycles. The molecule has 2 aromatic heterocycles. The highest BCUT2D eigenvalue weighted by molar-refractivity contribution is 9.10. The second-order valence-corrected chi connectivity index (χ2v) is 7.16. The lowest BCUT2D eigenvalue weighted by molar-refractivity contribution is -0.120.